The summed E-state index contributed by atoms with van der Waals surface area (Å²) in [7, 11) is 0. The summed E-state index contributed by atoms with van der Waals surface area (Å²) in [4.78, 5) is 18.0. The molecule has 1 amide bonds. The van der Waals surface area contributed by atoms with Gasteiger partial charge >= 0.3 is 0 Å². The average Bonchev–Trinajstić information content (AvgIpc) is 2.87. The van der Waals surface area contributed by atoms with Crippen LogP contribution in [0.1, 0.15) is 23.1 Å². The van der Waals surface area contributed by atoms with E-state index in [1.165, 1.54) is 11.3 Å². The number of aliphatic hydroxyl groups is 1. The smallest absolute Gasteiger partial charge is 0.261 e. The minimum Gasteiger partial charge on any atom is -0.372 e. The fraction of sp³-hybridized carbons (Fsp3) is 0.321. The molecule has 1 heterocycles. The third-order valence-corrected chi connectivity index (χ3v) is 6.39. The van der Waals surface area contributed by atoms with E-state index in [0.29, 0.717) is 17.7 Å². The van der Waals surface area contributed by atoms with Gasteiger partial charge in [-0.3, -0.25) is 9.69 Å². The second-order valence-electron chi connectivity index (χ2n) is 8.72. The normalized spacial score (nSPS) is 14.8. The summed E-state index contributed by atoms with van der Waals surface area (Å²) in [5.41, 5.74) is 2.02. The number of amides is 1. The van der Waals surface area contributed by atoms with Crippen molar-refractivity contribution < 1.29 is 9.90 Å². The molecule has 0 radical (unpaired) electrons. The maximum absolute atomic E-state index is 13.2. The summed E-state index contributed by atoms with van der Waals surface area (Å²) >= 11 is 0. The van der Waals surface area contributed by atoms with Gasteiger partial charge in [-0.05, 0) is 48.7 Å². The summed E-state index contributed by atoms with van der Waals surface area (Å²) in [6, 6.07) is 27.0. The third-order valence-electron chi connectivity index (χ3n) is 6.39. The monoisotopic (exact) mass is 443 g/mol. The minimum absolute atomic E-state index is 0.385. The molecule has 1 aliphatic heterocycles. The number of nitrogens with zero attached hydrogens (tertiary/aromatic N) is 2. The Morgan fingerprint density at radius 1 is 0.879 bits per heavy atom. The first kappa shape index (κ1) is 23.0. The van der Waals surface area contributed by atoms with Crippen LogP contribution in [-0.4, -0.2) is 55.2 Å². The van der Waals surface area contributed by atoms with Crippen LogP contribution in [0.4, 0.5) is 5.69 Å². The molecule has 4 rings (SSSR count). The van der Waals surface area contributed by atoms with Crippen LogP contribution < -0.4 is 10.2 Å². The highest BCUT2D eigenvalue weighted by molar-refractivity contribution is 5.90. The van der Waals surface area contributed by atoms with E-state index in [1.807, 2.05) is 36.4 Å². The predicted octanol–water partition coefficient (Wildman–Crippen LogP) is 3.56. The number of carbonyl (C=O) groups is 1. The molecule has 1 saturated heterocycles. The van der Waals surface area contributed by atoms with Crippen molar-refractivity contribution in [3.8, 4) is 0 Å². The van der Waals surface area contributed by atoms with Gasteiger partial charge in [-0.1, -0.05) is 72.8 Å². The van der Waals surface area contributed by atoms with Gasteiger partial charge in [0.15, 0.2) is 5.60 Å². The van der Waals surface area contributed by atoms with Gasteiger partial charge in [0.05, 0.1) is 0 Å². The molecule has 1 aliphatic rings. The standard InChI is InChI=1S/C28H33N3O2/c1-23-10-8-15-26(22-23)31-20-18-30(19-21-31)17-9-16-29-27(32)28(33,24-11-4-2-5-12-24)25-13-6-3-7-14-25/h2-8,10-15,22,33H,9,16-21H2,1H3,(H,29,32). The molecule has 172 valence electrons. The molecule has 5 heteroatoms. The second-order valence-corrected chi connectivity index (χ2v) is 8.72. The number of piperazine rings is 1. The molecule has 33 heavy (non-hydrogen) atoms. The minimum atomic E-state index is -1.71. The van der Waals surface area contributed by atoms with Crippen molar-refractivity contribution in [2.45, 2.75) is 18.9 Å². The lowest BCUT2D eigenvalue weighted by molar-refractivity contribution is -0.136. The lowest BCUT2D eigenvalue weighted by atomic mass is 9.85. The molecule has 0 unspecified atom stereocenters. The largest absolute Gasteiger partial charge is 0.372 e. The van der Waals surface area contributed by atoms with Crippen LogP contribution in [0.2, 0.25) is 0 Å². The lowest BCUT2D eigenvalue weighted by Gasteiger charge is -2.36. The zero-order valence-electron chi connectivity index (χ0n) is 19.3. The number of benzene rings is 3. The van der Waals surface area contributed by atoms with E-state index in [-0.39, 0.29) is 5.91 Å². The van der Waals surface area contributed by atoms with Crippen LogP contribution in [0.5, 0.6) is 0 Å². The highest BCUT2D eigenvalue weighted by Gasteiger charge is 2.39. The van der Waals surface area contributed by atoms with Crippen LogP contribution in [0.25, 0.3) is 0 Å². The molecule has 0 atom stereocenters. The Labute approximate surface area is 196 Å². The third kappa shape index (κ3) is 5.44. The zero-order valence-corrected chi connectivity index (χ0v) is 19.3. The van der Waals surface area contributed by atoms with E-state index in [2.05, 4.69) is 46.3 Å². The first-order valence-electron chi connectivity index (χ1n) is 11.7. The number of hydrogen-bond donors (Lipinski definition) is 2. The Morgan fingerprint density at radius 3 is 2.06 bits per heavy atom. The molecule has 0 bridgehead atoms. The van der Waals surface area contributed by atoms with Crippen LogP contribution in [0.15, 0.2) is 84.9 Å². The van der Waals surface area contributed by atoms with Crippen molar-refractivity contribution >= 4 is 11.6 Å². The Balaban J connectivity index is 1.29. The van der Waals surface area contributed by atoms with Gasteiger partial charge in [0, 0.05) is 38.4 Å². The van der Waals surface area contributed by atoms with Gasteiger partial charge in [-0.2, -0.15) is 0 Å². The molecule has 5 nitrogen and oxygen atoms in total. The highest BCUT2D eigenvalue weighted by Crippen LogP contribution is 2.29. The first-order chi connectivity index (χ1) is 16.1. The molecular formula is C28H33N3O2. The van der Waals surface area contributed by atoms with E-state index in [0.717, 1.165) is 39.1 Å². The molecule has 3 aromatic carbocycles. The zero-order chi connectivity index (χ0) is 23.1. The fourth-order valence-corrected chi connectivity index (χ4v) is 4.47. The predicted molar refractivity (Wildman–Crippen MR) is 133 cm³/mol. The van der Waals surface area contributed by atoms with Crippen molar-refractivity contribution in [1.82, 2.24) is 10.2 Å². The summed E-state index contributed by atoms with van der Waals surface area (Å²) in [6.07, 6.45) is 0.843. The maximum Gasteiger partial charge on any atom is 0.261 e. The fourth-order valence-electron chi connectivity index (χ4n) is 4.47. The van der Waals surface area contributed by atoms with Gasteiger partial charge < -0.3 is 15.3 Å². The Bertz CT molecular complexity index is 992. The number of hydrogen-bond acceptors (Lipinski definition) is 4. The summed E-state index contributed by atoms with van der Waals surface area (Å²) in [5, 5.41) is 14.5. The molecule has 0 aliphatic carbocycles. The Morgan fingerprint density at radius 2 is 1.48 bits per heavy atom. The van der Waals surface area contributed by atoms with E-state index in [1.54, 1.807) is 24.3 Å². The molecule has 2 N–H and O–H groups in total. The van der Waals surface area contributed by atoms with Crippen LogP contribution in [-0.2, 0) is 10.4 Å². The summed E-state index contributed by atoms with van der Waals surface area (Å²) < 4.78 is 0. The lowest BCUT2D eigenvalue weighted by Crippen LogP contribution is -2.48. The molecule has 0 aromatic heterocycles. The second kappa shape index (κ2) is 10.6. The van der Waals surface area contributed by atoms with Gasteiger partial charge in [-0.15, -0.1) is 0 Å². The van der Waals surface area contributed by atoms with E-state index in [4.69, 9.17) is 0 Å². The number of rotatable bonds is 8. The van der Waals surface area contributed by atoms with Crippen molar-refractivity contribution in [3.05, 3.63) is 102 Å². The Kier molecular flexibility index (Phi) is 7.43. The number of anilines is 1. The van der Waals surface area contributed by atoms with Gasteiger partial charge in [-0.25, -0.2) is 0 Å². The molecule has 1 fully saturated rings. The summed E-state index contributed by atoms with van der Waals surface area (Å²) in [5.74, 6) is -0.385. The molecule has 0 saturated carbocycles. The van der Waals surface area contributed by atoms with Gasteiger partial charge in [0.1, 0.15) is 0 Å². The van der Waals surface area contributed by atoms with Crippen LogP contribution >= 0.6 is 0 Å². The van der Waals surface area contributed by atoms with Gasteiger partial charge in [0.25, 0.3) is 5.91 Å². The topological polar surface area (TPSA) is 55.8 Å². The van der Waals surface area contributed by atoms with E-state index < -0.39 is 5.60 Å². The van der Waals surface area contributed by atoms with Gasteiger partial charge in [0.2, 0.25) is 0 Å². The molecule has 3 aromatic rings. The Hall–Kier alpha value is -3.15. The number of aryl methyl sites for hydroxylation is 1. The average molecular weight is 444 g/mol. The SMILES string of the molecule is Cc1cccc(N2CCN(CCCNC(=O)C(O)(c3ccccc3)c3ccccc3)CC2)c1. The van der Waals surface area contributed by atoms with Crippen molar-refractivity contribution in [1.29, 1.82) is 0 Å². The van der Waals surface area contributed by atoms with Crippen molar-refractivity contribution in [2.75, 3.05) is 44.2 Å². The van der Waals surface area contributed by atoms with E-state index >= 15 is 0 Å². The van der Waals surface area contributed by atoms with Crippen LogP contribution in [0.3, 0.4) is 0 Å². The van der Waals surface area contributed by atoms with Crippen molar-refractivity contribution in [3.63, 3.8) is 0 Å². The van der Waals surface area contributed by atoms with Crippen LogP contribution in [0, 0.1) is 6.92 Å². The first-order valence-corrected chi connectivity index (χ1v) is 11.7. The maximum atomic E-state index is 13.2. The summed E-state index contributed by atoms with van der Waals surface area (Å²) in [6.45, 7) is 7.63. The molecule has 0 spiro atoms. The van der Waals surface area contributed by atoms with Crippen molar-refractivity contribution in [2.24, 2.45) is 0 Å². The number of carbonyl (C=O) groups excluding carboxylic acids is 1. The molecular weight excluding hydrogens is 410 g/mol. The quantitative estimate of drug-likeness (QED) is 0.523. The number of nitrogens with one attached hydrogen (secondary N) is 1. The highest BCUT2D eigenvalue weighted by atomic mass is 16.3. The van der Waals surface area contributed by atoms with E-state index in [9.17, 15) is 9.90 Å².